The fourth-order valence-electron chi connectivity index (χ4n) is 4.08. The predicted molar refractivity (Wildman–Crippen MR) is 116 cm³/mol. The zero-order chi connectivity index (χ0) is 21.0. The normalized spacial score (nSPS) is 15.6. The minimum absolute atomic E-state index is 0.0907. The fourth-order valence-corrected chi connectivity index (χ4v) is 4.08. The number of amides is 1. The summed E-state index contributed by atoms with van der Waals surface area (Å²) in [5.74, 6) is 0.234. The van der Waals surface area contributed by atoms with E-state index in [2.05, 4.69) is 4.98 Å². The van der Waals surface area contributed by atoms with Gasteiger partial charge >= 0.3 is 0 Å². The van der Waals surface area contributed by atoms with Crippen LogP contribution < -0.4 is 10.3 Å². The Morgan fingerprint density at radius 1 is 0.900 bits per heavy atom. The van der Waals surface area contributed by atoms with Crippen LogP contribution in [0, 0.1) is 20.8 Å². The van der Waals surface area contributed by atoms with Crippen molar-refractivity contribution in [1.29, 1.82) is 0 Å². The van der Waals surface area contributed by atoms with Crippen LogP contribution in [0.3, 0.4) is 0 Å². The van der Waals surface area contributed by atoms with Crippen LogP contribution in [0.2, 0.25) is 0 Å². The van der Waals surface area contributed by atoms with E-state index >= 15 is 0 Å². The minimum Gasteiger partial charge on any atom is -0.450 e. The lowest BCUT2D eigenvalue weighted by Gasteiger charge is -2.24. The summed E-state index contributed by atoms with van der Waals surface area (Å²) in [5.41, 5.74) is 4.26. The topological polar surface area (TPSA) is 63.4 Å². The van der Waals surface area contributed by atoms with Crippen molar-refractivity contribution in [3.05, 3.63) is 105 Å². The molecule has 0 unspecified atom stereocenters. The van der Waals surface area contributed by atoms with E-state index in [1.165, 1.54) is 0 Å². The van der Waals surface area contributed by atoms with Gasteiger partial charge in [-0.2, -0.15) is 0 Å². The van der Waals surface area contributed by atoms with Crippen LogP contribution in [0.5, 0.6) is 0 Å². The van der Waals surface area contributed by atoms with Gasteiger partial charge in [0.2, 0.25) is 5.76 Å². The second kappa shape index (κ2) is 6.66. The first-order valence-electron chi connectivity index (χ1n) is 9.86. The van der Waals surface area contributed by atoms with Crippen LogP contribution in [0.15, 0.2) is 69.9 Å². The monoisotopic (exact) mass is 396 g/mol. The summed E-state index contributed by atoms with van der Waals surface area (Å²) in [5, 5.41) is 0.490. The summed E-state index contributed by atoms with van der Waals surface area (Å²) in [7, 11) is 0. The molecule has 4 aromatic rings. The zero-order valence-electron chi connectivity index (χ0n) is 17.0. The van der Waals surface area contributed by atoms with Crippen molar-refractivity contribution in [3.63, 3.8) is 0 Å². The predicted octanol–water partition coefficient (Wildman–Crippen LogP) is 4.86. The molecule has 148 valence electrons. The number of nitrogens with zero attached hydrogens (tertiary/aromatic N) is 2. The van der Waals surface area contributed by atoms with E-state index in [4.69, 9.17) is 4.42 Å². The van der Waals surface area contributed by atoms with Gasteiger partial charge in [-0.05, 0) is 61.7 Å². The molecule has 1 amide bonds. The van der Waals surface area contributed by atoms with E-state index < -0.39 is 6.04 Å². The Hall–Kier alpha value is -3.73. The summed E-state index contributed by atoms with van der Waals surface area (Å²) in [6.07, 6.45) is 0. The number of carbonyl (C=O) groups is 1. The molecule has 0 fully saturated rings. The molecule has 2 aromatic carbocycles. The molecule has 5 rings (SSSR count). The molecule has 5 heteroatoms. The van der Waals surface area contributed by atoms with Crippen LogP contribution in [-0.4, -0.2) is 10.9 Å². The number of pyridine rings is 1. The van der Waals surface area contributed by atoms with Gasteiger partial charge in [0.1, 0.15) is 11.4 Å². The first-order chi connectivity index (χ1) is 14.5. The molecule has 1 aliphatic heterocycles. The quantitative estimate of drug-likeness (QED) is 0.485. The van der Waals surface area contributed by atoms with Gasteiger partial charge in [-0.3, -0.25) is 14.5 Å². The maximum atomic E-state index is 13.6. The van der Waals surface area contributed by atoms with E-state index in [1.807, 2.05) is 75.4 Å². The molecule has 30 heavy (non-hydrogen) atoms. The molecular formula is C25H20N2O3. The lowest BCUT2D eigenvalue weighted by molar-refractivity contribution is 0.0970. The number of carbonyl (C=O) groups excluding carboxylic acids is 1. The molecule has 3 heterocycles. The SMILES string of the molecule is Cc1cccc(N2C(=O)c3oc4cc(C)c(C)cc4c(=O)c3[C@@H]2c2ccccc2)n1. The van der Waals surface area contributed by atoms with Gasteiger partial charge in [0.05, 0.1) is 17.0 Å². The molecule has 5 nitrogen and oxygen atoms in total. The number of benzene rings is 2. The number of hydrogen-bond acceptors (Lipinski definition) is 4. The van der Waals surface area contributed by atoms with Gasteiger partial charge < -0.3 is 4.42 Å². The van der Waals surface area contributed by atoms with Crippen LogP contribution >= 0.6 is 0 Å². The van der Waals surface area contributed by atoms with E-state index in [9.17, 15) is 9.59 Å². The first kappa shape index (κ1) is 18.3. The largest absolute Gasteiger partial charge is 0.450 e. The van der Waals surface area contributed by atoms with E-state index in [0.29, 0.717) is 22.4 Å². The van der Waals surface area contributed by atoms with E-state index in [1.54, 1.807) is 11.0 Å². The number of aryl methyl sites for hydroxylation is 3. The second-order valence-electron chi connectivity index (χ2n) is 7.73. The summed E-state index contributed by atoms with van der Waals surface area (Å²) in [4.78, 5) is 33.2. The smallest absolute Gasteiger partial charge is 0.296 e. The van der Waals surface area contributed by atoms with Gasteiger partial charge in [0.15, 0.2) is 5.43 Å². The van der Waals surface area contributed by atoms with Crippen LogP contribution in [-0.2, 0) is 0 Å². The zero-order valence-corrected chi connectivity index (χ0v) is 17.0. The van der Waals surface area contributed by atoms with Crippen LogP contribution in [0.4, 0.5) is 5.82 Å². The molecule has 0 saturated heterocycles. The van der Waals surface area contributed by atoms with Crippen LogP contribution in [0.25, 0.3) is 11.0 Å². The Labute approximate surface area is 173 Å². The minimum atomic E-state index is -0.592. The third-order valence-corrected chi connectivity index (χ3v) is 5.72. The van der Waals surface area contributed by atoms with Crippen molar-refractivity contribution >= 4 is 22.7 Å². The summed E-state index contributed by atoms with van der Waals surface area (Å²) >= 11 is 0. The molecule has 0 saturated carbocycles. The second-order valence-corrected chi connectivity index (χ2v) is 7.73. The van der Waals surface area contributed by atoms with E-state index in [-0.39, 0.29) is 17.1 Å². The molecule has 1 aliphatic rings. The van der Waals surface area contributed by atoms with Crippen LogP contribution in [0.1, 0.15) is 44.5 Å². The van der Waals surface area contributed by atoms with Crippen molar-refractivity contribution in [1.82, 2.24) is 4.98 Å². The Morgan fingerprint density at radius 2 is 1.63 bits per heavy atom. The highest BCUT2D eigenvalue weighted by Crippen LogP contribution is 2.40. The van der Waals surface area contributed by atoms with Crippen molar-refractivity contribution in [3.8, 4) is 0 Å². The summed E-state index contributed by atoms with van der Waals surface area (Å²) in [6.45, 7) is 5.79. The highest BCUT2D eigenvalue weighted by atomic mass is 16.3. The molecule has 0 N–H and O–H groups in total. The Kier molecular flexibility index (Phi) is 4.07. The standard InChI is InChI=1S/C25H20N2O3/c1-14-12-18-19(13-15(14)2)30-24-21(23(18)28)22(17-9-5-4-6-10-17)27(25(24)29)20-11-7-8-16(3)26-20/h4-13,22H,1-3H3/t22-/m0/s1. The Balaban J connectivity index is 1.84. The first-order valence-corrected chi connectivity index (χ1v) is 9.86. The van der Waals surface area contributed by atoms with Crippen molar-refractivity contribution in [2.75, 3.05) is 4.90 Å². The number of hydrogen-bond donors (Lipinski definition) is 0. The Morgan fingerprint density at radius 3 is 2.37 bits per heavy atom. The molecular weight excluding hydrogens is 376 g/mol. The lowest BCUT2D eigenvalue weighted by atomic mass is 9.97. The van der Waals surface area contributed by atoms with Gasteiger partial charge in [0, 0.05) is 5.69 Å². The van der Waals surface area contributed by atoms with Gasteiger partial charge in [0.25, 0.3) is 5.91 Å². The number of fused-ring (bicyclic) bond motifs is 2. The molecule has 0 bridgehead atoms. The summed E-state index contributed by atoms with van der Waals surface area (Å²) in [6, 6.07) is 18.1. The number of anilines is 1. The van der Waals surface area contributed by atoms with Gasteiger partial charge in [-0.25, -0.2) is 4.98 Å². The highest BCUT2D eigenvalue weighted by Gasteiger charge is 2.44. The lowest BCUT2D eigenvalue weighted by Crippen LogP contribution is -2.30. The molecule has 2 aromatic heterocycles. The number of aromatic nitrogens is 1. The summed E-state index contributed by atoms with van der Waals surface area (Å²) < 4.78 is 6.05. The third kappa shape index (κ3) is 2.66. The van der Waals surface area contributed by atoms with Crippen molar-refractivity contribution < 1.29 is 9.21 Å². The molecule has 0 radical (unpaired) electrons. The molecule has 1 atom stereocenters. The van der Waals surface area contributed by atoms with Gasteiger partial charge in [-0.1, -0.05) is 36.4 Å². The van der Waals surface area contributed by atoms with Gasteiger partial charge in [-0.15, -0.1) is 0 Å². The van der Waals surface area contributed by atoms with Crippen molar-refractivity contribution in [2.45, 2.75) is 26.8 Å². The Bertz CT molecular complexity index is 1370. The van der Waals surface area contributed by atoms with Crippen molar-refractivity contribution in [2.24, 2.45) is 0 Å². The number of rotatable bonds is 2. The molecule has 0 aliphatic carbocycles. The average Bonchev–Trinajstić information content (AvgIpc) is 3.03. The maximum absolute atomic E-state index is 13.6. The fraction of sp³-hybridized carbons (Fsp3) is 0.160. The van der Waals surface area contributed by atoms with E-state index in [0.717, 1.165) is 22.4 Å². The highest BCUT2D eigenvalue weighted by molar-refractivity contribution is 6.10. The average molecular weight is 396 g/mol. The maximum Gasteiger partial charge on any atom is 0.296 e. The molecule has 0 spiro atoms. The third-order valence-electron chi connectivity index (χ3n) is 5.72.